The first-order chi connectivity index (χ1) is 13.8. The quantitative estimate of drug-likeness (QED) is 0.818. The highest BCUT2D eigenvalue weighted by Crippen LogP contribution is 2.18. The molecule has 156 valence electrons. The fourth-order valence-electron chi connectivity index (χ4n) is 4.07. The predicted molar refractivity (Wildman–Crippen MR) is 118 cm³/mol. The van der Waals surface area contributed by atoms with Gasteiger partial charge in [-0.15, -0.1) is 0 Å². The zero-order chi connectivity index (χ0) is 21.0. The molecule has 3 rings (SSSR count). The minimum atomic E-state index is -0.473. The Bertz CT molecular complexity index is 854. The van der Waals surface area contributed by atoms with Crippen molar-refractivity contribution >= 4 is 22.6 Å². The first-order valence-corrected chi connectivity index (χ1v) is 10.6. The SMILES string of the molecule is CC(C)C(NC(=O)Cc1ccc2ccccc2c1)C(=O)N1CCC(N(C)C)CC1. The average Bonchev–Trinajstić information content (AvgIpc) is 2.71. The van der Waals surface area contributed by atoms with E-state index in [4.69, 9.17) is 0 Å². The number of fused-ring (bicyclic) bond motifs is 1. The van der Waals surface area contributed by atoms with Crippen LogP contribution in [-0.4, -0.2) is 60.9 Å². The molecule has 2 aromatic carbocycles. The molecule has 29 heavy (non-hydrogen) atoms. The average molecular weight is 396 g/mol. The van der Waals surface area contributed by atoms with Crippen molar-refractivity contribution in [3.63, 3.8) is 0 Å². The molecule has 5 heteroatoms. The Morgan fingerprint density at radius 2 is 1.72 bits per heavy atom. The molecule has 1 heterocycles. The number of likely N-dealkylation sites (tertiary alicyclic amines) is 1. The zero-order valence-corrected chi connectivity index (χ0v) is 18.0. The molecule has 1 aliphatic rings. The standard InChI is InChI=1S/C24H33N3O2/c1-17(2)23(24(29)27-13-11-21(12-14-27)26(3)4)25-22(28)16-18-9-10-19-7-5-6-8-20(19)15-18/h5-10,15,17,21,23H,11-14,16H2,1-4H3,(H,25,28). The maximum Gasteiger partial charge on any atom is 0.245 e. The van der Waals surface area contributed by atoms with Crippen LogP contribution < -0.4 is 5.32 Å². The number of amides is 2. The summed E-state index contributed by atoms with van der Waals surface area (Å²) in [5, 5.41) is 5.29. The molecule has 0 bridgehead atoms. The number of rotatable bonds is 6. The molecule has 1 saturated heterocycles. The molecule has 1 fully saturated rings. The summed E-state index contributed by atoms with van der Waals surface area (Å²) in [6, 6.07) is 14.2. The molecule has 0 spiro atoms. The number of carbonyl (C=O) groups is 2. The van der Waals surface area contributed by atoms with E-state index in [0.29, 0.717) is 6.04 Å². The van der Waals surface area contributed by atoms with E-state index in [0.717, 1.165) is 42.3 Å². The van der Waals surface area contributed by atoms with Gasteiger partial charge in [-0.05, 0) is 49.2 Å². The molecule has 0 saturated carbocycles. The van der Waals surface area contributed by atoms with Gasteiger partial charge in [0.2, 0.25) is 11.8 Å². The molecule has 1 aliphatic heterocycles. The van der Waals surface area contributed by atoms with E-state index >= 15 is 0 Å². The summed E-state index contributed by atoms with van der Waals surface area (Å²) in [4.78, 5) is 29.9. The van der Waals surface area contributed by atoms with Gasteiger partial charge in [-0.3, -0.25) is 9.59 Å². The van der Waals surface area contributed by atoms with Crippen LogP contribution in [0.15, 0.2) is 42.5 Å². The maximum atomic E-state index is 13.1. The van der Waals surface area contributed by atoms with Crippen LogP contribution in [-0.2, 0) is 16.0 Å². The highest BCUT2D eigenvalue weighted by atomic mass is 16.2. The number of nitrogens with one attached hydrogen (secondary N) is 1. The lowest BCUT2D eigenvalue weighted by Crippen LogP contribution is -2.54. The Morgan fingerprint density at radius 1 is 1.07 bits per heavy atom. The van der Waals surface area contributed by atoms with Crippen molar-refractivity contribution in [3.05, 3.63) is 48.0 Å². The van der Waals surface area contributed by atoms with Crippen LogP contribution in [0.5, 0.6) is 0 Å². The van der Waals surface area contributed by atoms with Crippen LogP contribution >= 0.6 is 0 Å². The maximum absolute atomic E-state index is 13.1. The lowest BCUT2D eigenvalue weighted by atomic mass is 9.98. The Morgan fingerprint density at radius 3 is 2.34 bits per heavy atom. The number of benzene rings is 2. The molecule has 0 aromatic heterocycles. The van der Waals surface area contributed by atoms with Gasteiger partial charge < -0.3 is 15.1 Å². The lowest BCUT2D eigenvalue weighted by Gasteiger charge is -2.37. The topological polar surface area (TPSA) is 52.7 Å². The molecule has 1 atom stereocenters. The summed E-state index contributed by atoms with van der Waals surface area (Å²) in [5.74, 6) is -0.00537. The first kappa shape index (κ1) is 21.3. The minimum absolute atomic E-state index is 0.0454. The first-order valence-electron chi connectivity index (χ1n) is 10.6. The fraction of sp³-hybridized carbons (Fsp3) is 0.500. The molecule has 1 unspecified atom stereocenters. The predicted octanol–water partition coefficient (Wildman–Crippen LogP) is 3.08. The molecular weight excluding hydrogens is 362 g/mol. The van der Waals surface area contributed by atoms with Crippen LogP contribution in [0, 0.1) is 5.92 Å². The Kier molecular flexibility index (Phi) is 6.91. The van der Waals surface area contributed by atoms with E-state index in [1.165, 1.54) is 0 Å². The third-order valence-corrected chi connectivity index (χ3v) is 5.93. The Hall–Kier alpha value is -2.40. The molecular formula is C24H33N3O2. The van der Waals surface area contributed by atoms with Gasteiger partial charge in [0.25, 0.3) is 0 Å². The number of piperidine rings is 1. The van der Waals surface area contributed by atoms with E-state index < -0.39 is 6.04 Å². The van der Waals surface area contributed by atoms with Crippen LogP contribution in [0.3, 0.4) is 0 Å². The summed E-state index contributed by atoms with van der Waals surface area (Å²) >= 11 is 0. The Balaban J connectivity index is 1.61. The van der Waals surface area contributed by atoms with E-state index in [-0.39, 0.29) is 24.2 Å². The molecule has 2 amide bonds. The highest BCUT2D eigenvalue weighted by Gasteiger charge is 2.31. The number of hydrogen-bond donors (Lipinski definition) is 1. The second kappa shape index (κ2) is 9.40. The van der Waals surface area contributed by atoms with Crippen molar-refractivity contribution in [2.24, 2.45) is 5.92 Å². The normalized spacial score (nSPS) is 16.4. The minimum Gasteiger partial charge on any atom is -0.344 e. The zero-order valence-electron chi connectivity index (χ0n) is 18.0. The molecule has 1 N–H and O–H groups in total. The summed E-state index contributed by atoms with van der Waals surface area (Å²) in [6.45, 7) is 5.49. The van der Waals surface area contributed by atoms with Crippen molar-refractivity contribution in [2.75, 3.05) is 27.2 Å². The van der Waals surface area contributed by atoms with Crippen molar-refractivity contribution in [2.45, 2.75) is 45.2 Å². The van der Waals surface area contributed by atoms with Crippen LogP contribution in [0.25, 0.3) is 10.8 Å². The van der Waals surface area contributed by atoms with Gasteiger partial charge in [0, 0.05) is 19.1 Å². The second-order valence-corrected chi connectivity index (χ2v) is 8.67. The lowest BCUT2D eigenvalue weighted by molar-refractivity contribution is -0.138. The summed E-state index contributed by atoms with van der Waals surface area (Å²) in [5.41, 5.74) is 0.961. The monoisotopic (exact) mass is 395 g/mol. The van der Waals surface area contributed by atoms with Gasteiger partial charge in [-0.1, -0.05) is 56.3 Å². The Labute approximate surface area is 174 Å². The molecule has 0 radical (unpaired) electrons. The van der Waals surface area contributed by atoms with E-state index in [9.17, 15) is 9.59 Å². The van der Waals surface area contributed by atoms with E-state index in [1.807, 2.05) is 49.1 Å². The third-order valence-electron chi connectivity index (χ3n) is 5.93. The van der Waals surface area contributed by atoms with Crippen molar-refractivity contribution in [3.8, 4) is 0 Å². The van der Waals surface area contributed by atoms with Gasteiger partial charge >= 0.3 is 0 Å². The van der Waals surface area contributed by atoms with Gasteiger partial charge in [0.05, 0.1) is 6.42 Å². The summed E-state index contributed by atoms with van der Waals surface area (Å²) in [7, 11) is 4.18. The molecule has 5 nitrogen and oxygen atoms in total. The molecule has 0 aliphatic carbocycles. The van der Waals surface area contributed by atoms with Gasteiger partial charge in [-0.25, -0.2) is 0 Å². The largest absolute Gasteiger partial charge is 0.344 e. The highest BCUT2D eigenvalue weighted by molar-refractivity contribution is 5.89. The van der Waals surface area contributed by atoms with Crippen molar-refractivity contribution in [1.29, 1.82) is 0 Å². The summed E-state index contributed by atoms with van der Waals surface area (Å²) in [6.07, 6.45) is 2.24. The fourth-order valence-corrected chi connectivity index (χ4v) is 4.07. The number of hydrogen-bond acceptors (Lipinski definition) is 3. The van der Waals surface area contributed by atoms with Crippen molar-refractivity contribution < 1.29 is 9.59 Å². The number of carbonyl (C=O) groups excluding carboxylic acids is 2. The third kappa shape index (κ3) is 5.36. The smallest absolute Gasteiger partial charge is 0.245 e. The van der Waals surface area contributed by atoms with Crippen molar-refractivity contribution in [1.82, 2.24) is 15.1 Å². The summed E-state index contributed by atoms with van der Waals surface area (Å²) < 4.78 is 0. The van der Waals surface area contributed by atoms with E-state index in [2.05, 4.69) is 36.4 Å². The van der Waals surface area contributed by atoms with Crippen LogP contribution in [0.4, 0.5) is 0 Å². The van der Waals surface area contributed by atoms with E-state index in [1.54, 1.807) is 0 Å². The van der Waals surface area contributed by atoms with Gasteiger partial charge in [-0.2, -0.15) is 0 Å². The van der Waals surface area contributed by atoms with Crippen LogP contribution in [0.2, 0.25) is 0 Å². The van der Waals surface area contributed by atoms with Gasteiger partial charge in [0.1, 0.15) is 6.04 Å². The number of nitrogens with zero attached hydrogens (tertiary/aromatic N) is 2. The molecule has 2 aromatic rings. The second-order valence-electron chi connectivity index (χ2n) is 8.67. The van der Waals surface area contributed by atoms with Crippen LogP contribution in [0.1, 0.15) is 32.3 Å². The van der Waals surface area contributed by atoms with Gasteiger partial charge in [0.15, 0.2) is 0 Å².